The first-order valence-corrected chi connectivity index (χ1v) is 17.7. The van der Waals surface area contributed by atoms with Crippen molar-refractivity contribution < 1.29 is 19.1 Å². The van der Waals surface area contributed by atoms with Crippen molar-refractivity contribution in [3.8, 4) is 5.75 Å². The highest BCUT2D eigenvalue weighted by Gasteiger charge is 2.53. The monoisotopic (exact) mass is 724 g/mol. The van der Waals surface area contributed by atoms with E-state index in [1.54, 1.807) is 36.4 Å². The van der Waals surface area contributed by atoms with Gasteiger partial charge in [0.1, 0.15) is 22.5 Å². The smallest absolute Gasteiger partial charge is 0.334 e. The molecule has 0 aromatic heterocycles. The summed E-state index contributed by atoms with van der Waals surface area (Å²) in [6, 6.07) is 52.9. The van der Waals surface area contributed by atoms with E-state index in [0.29, 0.717) is 16.9 Å². The highest BCUT2D eigenvalue weighted by atomic mass is 35.5. The number of halogens is 2. The van der Waals surface area contributed by atoms with Gasteiger partial charge in [-0.2, -0.15) is 0 Å². The van der Waals surface area contributed by atoms with Crippen molar-refractivity contribution in [1.29, 1.82) is 0 Å². The van der Waals surface area contributed by atoms with Crippen LogP contribution in [0.15, 0.2) is 181 Å². The first-order valence-electron chi connectivity index (χ1n) is 16.9. The number of likely N-dealkylation sites (tertiary alicyclic amines) is 1. The first-order chi connectivity index (χ1) is 25.5. The molecular weight excluding hydrogens is 691 g/mol. The lowest BCUT2D eigenvalue weighted by molar-refractivity contribution is -0.166. The number of alkyl halides is 1. The summed E-state index contributed by atoms with van der Waals surface area (Å²) in [5.41, 5.74) is 3.74. The number of ether oxygens (including phenoxy) is 2. The van der Waals surface area contributed by atoms with Gasteiger partial charge in [-0.3, -0.25) is 9.79 Å². The number of nitrogens with zero attached hydrogens (tertiary/aromatic N) is 2. The zero-order valence-electron chi connectivity index (χ0n) is 27.9. The Morgan fingerprint density at radius 3 is 1.44 bits per heavy atom. The molecule has 0 spiro atoms. The quantitative estimate of drug-likeness (QED) is 0.0415. The van der Waals surface area contributed by atoms with Gasteiger partial charge in [-0.05, 0) is 39.9 Å². The molecule has 0 bridgehead atoms. The molecule has 0 aliphatic carbocycles. The standard InChI is InChI=1S/C44H34Cl2N2O4/c45-41(35-24-14-5-15-25-35)47-37-42(46)48(43(37)49)38(44(50)52-40(33-20-10-3-11-21-33)34-22-12-4-13-23-34)30-26-28-36(29-27-30)51-39(31-16-6-1-7-17-31)32-18-8-2-9-19-32/h1-29,37-40,42H/t37-,38?,42+/m0/s1. The summed E-state index contributed by atoms with van der Waals surface area (Å²) in [5, 5.41) is 0.157. The molecule has 52 heavy (non-hydrogen) atoms. The second kappa shape index (κ2) is 16.1. The normalized spacial score (nSPS) is 16.3. The number of β-lactam (4-membered cyclic amide) rings is 1. The summed E-state index contributed by atoms with van der Waals surface area (Å²) in [4.78, 5) is 34.1. The Bertz CT molecular complexity index is 2040. The zero-order chi connectivity index (χ0) is 35.9. The van der Waals surface area contributed by atoms with Crippen LogP contribution in [-0.2, 0) is 14.3 Å². The minimum atomic E-state index is -1.18. The van der Waals surface area contributed by atoms with Crippen molar-refractivity contribution in [2.24, 2.45) is 4.99 Å². The fourth-order valence-corrected chi connectivity index (χ4v) is 6.85. The molecule has 0 N–H and O–H groups in total. The number of carbonyl (C=O) groups is 2. The fraction of sp³-hybridized carbons (Fsp3) is 0.114. The van der Waals surface area contributed by atoms with Gasteiger partial charge >= 0.3 is 5.97 Å². The SMILES string of the molecule is O=C(OC(c1ccccc1)c1ccccc1)C(c1ccc(OC(c2ccccc2)c2ccccc2)cc1)N1C(=O)[C@@H](N=C(Cl)c2ccccc2)[C@@H]1Cl. The van der Waals surface area contributed by atoms with E-state index in [9.17, 15) is 9.59 Å². The van der Waals surface area contributed by atoms with Crippen LogP contribution in [0.2, 0.25) is 0 Å². The van der Waals surface area contributed by atoms with Crippen LogP contribution in [0.1, 0.15) is 51.6 Å². The Balaban J connectivity index is 1.21. The second-order valence-corrected chi connectivity index (χ2v) is 13.1. The van der Waals surface area contributed by atoms with Gasteiger partial charge in [-0.15, -0.1) is 0 Å². The maximum absolute atomic E-state index is 14.4. The molecule has 3 atom stereocenters. The van der Waals surface area contributed by atoms with E-state index in [2.05, 4.69) is 4.99 Å². The number of rotatable bonds is 12. The molecule has 1 unspecified atom stereocenters. The van der Waals surface area contributed by atoms with Gasteiger partial charge in [0, 0.05) is 5.56 Å². The molecule has 0 radical (unpaired) electrons. The lowest BCUT2D eigenvalue weighted by Crippen LogP contribution is -2.63. The molecule has 1 fully saturated rings. The number of esters is 1. The van der Waals surface area contributed by atoms with Crippen LogP contribution >= 0.6 is 23.2 Å². The summed E-state index contributed by atoms with van der Waals surface area (Å²) in [6.07, 6.45) is -1.10. The third-order valence-electron chi connectivity index (χ3n) is 8.89. The van der Waals surface area contributed by atoms with Crippen molar-refractivity contribution in [3.05, 3.63) is 209 Å². The number of hydrogen-bond donors (Lipinski definition) is 0. The molecule has 1 heterocycles. The van der Waals surface area contributed by atoms with Crippen LogP contribution in [0, 0.1) is 0 Å². The maximum atomic E-state index is 14.4. The van der Waals surface area contributed by atoms with Crippen LogP contribution in [-0.4, -0.2) is 33.5 Å². The highest BCUT2D eigenvalue weighted by molar-refractivity contribution is 6.69. The van der Waals surface area contributed by atoms with Gasteiger partial charge in [0.15, 0.2) is 18.2 Å². The third kappa shape index (κ3) is 7.64. The number of benzene rings is 6. The van der Waals surface area contributed by atoms with Crippen LogP contribution in [0.25, 0.3) is 0 Å². The minimum Gasteiger partial charge on any atom is -0.481 e. The molecule has 6 nitrogen and oxygen atoms in total. The molecule has 258 valence electrons. The Labute approximate surface area is 312 Å². The van der Waals surface area contributed by atoms with E-state index in [0.717, 1.165) is 22.3 Å². The van der Waals surface area contributed by atoms with Gasteiger partial charge in [0.2, 0.25) is 0 Å². The molecule has 1 amide bonds. The Kier molecular flexibility index (Phi) is 10.8. The van der Waals surface area contributed by atoms with Gasteiger partial charge in [-0.1, -0.05) is 187 Å². The van der Waals surface area contributed by atoms with E-state index in [1.807, 2.05) is 140 Å². The predicted octanol–water partition coefficient (Wildman–Crippen LogP) is 9.69. The van der Waals surface area contributed by atoms with Crippen molar-refractivity contribution >= 4 is 40.2 Å². The molecule has 6 aromatic carbocycles. The zero-order valence-corrected chi connectivity index (χ0v) is 29.4. The summed E-state index contributed by atoms with van der Waals surface area (Å²) >= 11 is 13.4. The molecule has 1 aliphatic rings. The number of aliphatic imine (C=N–C) groups is 1. The lowest BCUT2D eigenvalue weighted by Gasteiger charge is -2.45. The largest absolute Gasteiger partial charge is 0.481 e. The van der Waals surface area contributed by atoms with Gasteiger partial charge in [-0.25, -0.2) is 4.79 Å². The number of amides is 1. The van der Waals surface area contributed by atoms with Crippen LogP contribution < -0.4 is 4.74 Å². The van der Waals surface area contributed by atoms with E-state index in [1.165, 1.54) is 4.90 Å². The van der Waals surface area contributed by atoms with Crippen molar-refractivity contribution in [1.82, 2.24) is 4.90 Å². The molecule has 8 heteroatoms. The molecule has 1 saturated heterocycles. The maximum Gasteiger partial charge on any atom is 0.334 e. The van der Waals surface area contributed by atoms with Gasteiger partial charge < -0.3 is 14.4 Å². The van der Waals surface area contributed by atoms with E-state index in [-0.39, 0.29) is 11.3 Å². The van der Waals surface area contributed by atoms with Crippen LogP contribution in [0.4, 0.5) is 0 Å². The van der Waals surface area contributed by atoms with E-state index < -0.39 is 35.6 Å². The topological polar surface area (TPSA) is 68.2 Å². The van der Waals surface area contributed by atoms with E-state index >= 15 is 0 Å². The number of hydrogen-bond acceptors (Lipinski definition) is 5. The van der Waals surface area contributed by atoms with Gasteiger partial charge in [0.05, 0.1) is 0 Å². The van der Waals surface area contributed by atoms with Crippen molar-refractivity contribution in [2.75, 3.05) is 0 Å². The van der Waals surface area contributed by atoms with Crippen LogP contribution in [0.3, 0.4) is 0 Å². The summed E-state index contributed by atoms with van der Waals surface area (Å²) in [5.74, 6) is -0.511. The highest BCUT2D eigenvalue weighted by Crippen LogP contribution is 2.40. The molecule has 1 aliphatic heterocycles. The van der Waals surface area contributed by atoms with Gasteiger partial charge in [0.25, 0.3) is 5.91 Å². The average Bonchev–Trinajstić information content (AvgIpc) is 3.21. The Morgan fingerprint density at radius 1 is 0.577 bits per heavy atom. The fourth-order valence-electron chi connectivity index (χ4n) is 6.24. The summed E-state index contributed by atoms with van der Waals surface area (Å²) in [6.45, 7) is 0. The summed E-state index contributed by atoms with van der Waals surface area (Å²) < 4.78 is 12.9. The predicted molar refractivity (Wildman–Crippen MR) is 204 cm³/mol. The molecular formula is C44H34Cl2N2O4. The van der Waals surface area contributed by atoms with E-state index in [4.69, 9.17) is 32.7 Å². The molecule has 0 saturated carbocycles. The lowest BCUT2D eigenvalue weighted by atomic mass is 9.97. The first kappa shape index (κ1) is 34.7. The average molecular weight is 726 g/mol. The third-order valence-corrected chi connectivity index (χ3v) is 9.66. The van der Waals surface area contributed by atoms with Crippen molar-refractivity contribution in [3.63, 3.8) is 0 Å². The minimum absolute atomic E-state index is 0.157. The second-order valence-electron chi connectivity index (χ2n) is 12.3. The Hall–Kier alpha value is -5.69. The Morgan fingerprint density at radius 2 is 1.00 bits per heavy atom. The molecule has 7 rings (SSSR count). The van der Waals surface area contributed by atoms with Crippen molar-refractivity contribution in [2.45, 2.75) is 29.8 Å². The summed E-state index contributed by atoms with van der Waals surface area (Å²) in [7, 11) is 0. The van der Waals surface area contributed by atoms with Crippen LogP contribution in [0.5, 0.6) is 5.75 Å². The number of carbonyl (C=O) groups excluding carboxylic acids is 2. The molecule has 6 aromatic rings.